The Morgan fingerprint density at radius 1 is 1.53 bits per heavy atom. The molecule has 1 atom stereocenters. The molecule has 19 heavy (non-hydrogen) atoms. The van der Waals surface area contributed by atoms with E-state index in [1.54, 1.807) is 0 Å². The molecule has 8 heteroatoms. The topological polar surface area (TPSA) is 104 Å². The van der Waals surface area contributed by atoms with E-state index in [1.165, 1.54) is 12.4 Å². The summed E-state index contributed by atoms with van der Waals surface area (Å²) >= 11 is 0. The quantitative estimate of drug-likeness (QED) is 0.549. The minimum atomic E-state index is -0.529. The lowest BCUT2D eigenvalue weighted by Gasteiger charge is -2.24. The largest absolute Gasteiger partial charge is 0.395 e. The number of aliphatic hydroxyl groups is 1. The number of rotatable bonds is 6. The minimum Gasteiger partial charge on any atom is -0.395 e. The number of nitro groups is 1. The third-order valence-electron chi connectivity index (χ3n) is 3.09. The number of hydrogen-bond acceptors (Lipinski definition) is 7. The van der Waals surface area contributed by atoms with E-state index < -0.39 is 4.92 Å². The average molecular weight is 267 g/mol. The Morgan fingerprint density at radius 3 is 2.79 bits per heavy atom. The zero-order chi connectivity index (χ0) is 13.7. The molecule has 1 saturated heterocycles. The molecule has 1 fully saturated rings. The number of nitrogens with one attached hydrogen (secondary N) is 1. The van der Waals surface area contributed by atoms with Gasteiger partial charge in [-0.3, -0.25) is 10.1 Å². The number of nitrogens with zero attached hydrogens (tertiary/aromatic N) is 4. The van der Waals surface area contributed by atoms with Gasteiger partial charge in [0.25, 0.3) is 0 Å². The first kappa shape index (κ1) is 13.6. The molecule has 1 unspecified atom stereocenters. The second kappa shape index (κ2) is 6.39. The van der Waals surface area contributed by atoms with Crippen molar-refractivity contribution in [3.05, 3.63) is 22.5 Å². The Morgan fingerprint density at radius 2 is 2.26 bits per heavy atom. The second-order valence-electron chi connectivity index (χ2n) is 4.46. The summed E-state index contributed by atoms with van der Waals surface area (Å²) in [6.45, 7) is 2.10. The molecule has 2 rings (SSSR count). The first-order valence-electron chi connectivity index (χ1n) is 6.26. The lowest BCUT2D eigenvalue weighted by atomic mass is 10.2. The highest BCUT2D eigenvalue weighted by Crippen LogP contribution is 2.14. The van der Waals surface area contributed by atoms with Crippen LogP contribution >= 0.6 is 0 Å². The van der Waals surface area contributed by atoms with E-state index in [1.807, 2.05) is 4.90 Å². The Kier molecular flexibility index (Phi) is 4.58. The summed E-state index contributed by atoms with van der Waals surface area (Å²) in [6.07, 6.45) is 4.59. The first-order valence-corrected chi connectivity index (χ1v) is 6.26. The van der Waals surface area contributed by atoms with E-state index in [-0.39, 0.29) is 12.3 Å². The molecule has 0 aromatic carbocycles. The van der Waals surface area contributed by atoms with Gasteiger partial charge in [-0.05, 0) is 19.4 Å². The lowest BCUT2D eigenvalue weighted by molar-refractivity contribution is -0.385. The van der Waals surface area contributed by atoms with Crippen molar-refractivity contribution in [1.82, 2.24) is 15.3 Å². The molecule has 0 aliphatic carbocycles. The molecule has 0 amide bonds. The molecule has 1 aliphatic rings. The van der Waals surface area contributed by atoms with Crippen LogP contribution in [-0.2, 0) is 0 Å². The van der Waals surface area contributed by atoms with Gasteiger partial charge in [-0.25, -0.2) is 9.97 Å². The van der Waals surface area contributed by atoms with Gasteiger partial charge >= 0.3 is 5.69 Å². The van der Waals surface area contributed by atoms with E-state index in [9.17, 15) is 10.1 Å². The summed E-state index contributed by atoms with van der Waals surface area (Å²) in [5.74, 6) is 0.411. The zero-order valence-electron chi connectivity index (χ0n) is 10.5. The molecule has 1 aromatic rings. The monoisotopic (exact) mass is 267 g/mol. The molecule has 1 aliphatic heterocycles. The summed E-state index contributed by atoms with van der Waals surface area (Å²) in [5, 5.41) is 23.0. The molecular weight excluding hydrogens is 250 g/mol. The summed E-state index contributed by atoms with van der Waals surface area (Å²) in [4.78, 5) is 19.8. The molecule has 0 saturated carbocycles. The normalized spacial score (nSPS) is 18.5. The highest BCUT2D eigenvalue weighted by molar-refractivity contribution is 5.34. The maximum Gasteiger partial charge on any atom is 0.305 e. The van der Waals surface area contributed by atoms with Crippen molar-refractivity contribution in [3.8, 4) is 0 Å². The maximum atomic E-state index is 10.5. The summed E-state index contributed by atoms with van der Waals surface area (Å²) in [7, 11) is 0. The van der Waals surface area contributed by atoms with Gasteiger partial charge in [-0.15, -0.1) is 0 Å². The first-order chi connectivity index (χ1) is 9.20. The van der Waals surface area contributed by atoms with Crippen LogP contribution in [0, 0.1) is 10.1 Å². The summed E-state index contributed by atoms with van der Waals surface area (Å²) < 4.78 is 0. The second-order valence-corrected chi connectivity index (χ2v) is 4.46. The van der Waals surface area contributed by atoms with Crippen molar-refractivity contribution >= 4 is 11.6 Å². The van der Waals surface area contributed by atoms with Gasteiger partial charge in [0.15, 0.2) is 0 Å². The highest BCUT2D eigenvalue weighted by Gasteiger charge is 2.20. The van der Waals surface area contributed by atoms with Crippen molar-refractivity contribution in [2.45, 2.75) is 18.9 Å². The van der Waals surface area contributed by atoms with E-state index in [4.69, 9.17) is 5.11 Å². The third-order valence-corrected chi connectivity index (χ3v) is 3.09. The Balaban J connectivity index is 2.06. The van der Waals surface area contributed by atoms with E-state index in [2.05, 4.69) is 15.3 Å². The van der Waals surface area contributed by atoms with Gasteiger partial charge < -0.3 is 15.3 Å². The van der Waals surface area contributed by atoms with Crippen LogP contribution in [0.15, 0.2) is 12.4 Å². The molecule has 0 bridgehead atoms. The smallest absolute Gasteiger partial charge is 0.305 e. The van der Waals surface area contributed by atoms with Crippen LogP contribution in [0.4, 0.5) is 11.6 Å². The molecule has 8 nitrogen and oxygen atoms in total. The van der Waals surface area contributed by atoms with Crippen LogP contribution in [0.1, 0.15) is 12.8 Å². The van der Waals surface area contributed by atoms with Gasteiger partial charge in [0.1, 0.15) is 12.4 Å². The molecule has 1 aromatic heterocycles. The van der Waals surface area contributed by atoms with Gasteiger partial charge in [0.05, 0.1) is 11.5 Å². The Bertz CT molecular complexity index is 419. The minimum absolute atomic E-state index is 0.00688. The fraction of sp³-hybridized carbons (Fsp3) is 0.636. The fourth-order valence-corrected chi connectivity index (χ4v) is 2.14. The van der Waals surface area contributed by atoms with Gasteiger partial charge in [0, 0.05) is 19.1 Å². The molecule has 2 N–H and O–H groups in total. The van der Waals surface area contributed by atoms with Crippen molar-refractivity contribution in [2.75, 3.05) is 31.1 Å². The van der Waals surface area contributed by atoms with Crippen LogP contribution < -0.4 is 10.2 Å². The summed E-state index contributed by atoms with van der Waals surface area (Å²) in [5.41, 5.74) is -0.133. The van der Waals surface area contributed by atoms with Crippen LogP contribution in [0.5, 0.6) is 0 Å². The van der Waals surface area contributed by atoms with Gasteiger partial charge in [-0.1, -0.05) is 0 Å². The Hall–Kier alpha value is -1.80. The van der Waals surface area contributed by atoms with Crippen molar-refractivity contribution in [2.24, 2.45) is 0 Å². The maximum absolute atomic E-state index is 10.5. The standard InChI is InChI=1S/C11H17N5O3/c17-5-4-15(8-9-2-1-3-12-9)11-13-6-10(7-14-11)16(18)19/h6-7,9,12,17H,1-5,8H2. The zero-order valence-corrected chi connectivity index (χ0v) is 10.5. The SMILES string of the molecule is O=[N+]([O-])c1cnc(N(CCO)CC2CCCN2)nc1. The highest BCUT2D eigenvalue weighted by atomic mass is 16.6. The molecule has 104 valence electrons. The van der Waals surface area contributed by atoms with Gasteiger partial charge in [0.2, 0.25) is 5.95 Å². The number of aliphatic hydroxyl groups excluding tert-OH is 1. The molecule has 2 heterocycles. The summed E-state index contributed by atoms with van der Waals surface area (Å²) in [6, 6.07) is 0.352. The predicted octanol–water partition coefficient (Wildman–Crippen LogP) is -0.0645. The molecular formula is C11H17N5O3. The fourth-order valence-electron chi connectivity index (χ4n) is 2.14. The van der Waals surface area contributed by atoms with E-state index >= 15 is 0 Å². The molecule has 0 radical (unpaired) electrons. The predicted molar refractivity (Wildman–Crippen MR) is 69.0 cm³/mol. The molecule has 0 spiro atoms. The van der Waals surface area contributed by atoms with Crippen LogP contribution in [0.2, 0.25) is 0 Å². The van der Waals surface area contributed by atoms with E-state index in [0.29, 0.717) is 25.1 Å². The number of anilines is 1. The van der Waals surface area contributed by atoms with Crippen molar-refractivity contribution < 1.29 is 10.0 Å². The lowest BCUT2D eigenvalue weighted by Crippen LogP contribution is -2.39. The number of aromatic nitrogens is 2. The van der Waals surface area contributed by atoms with Crippen LogP contribution in [0.3, 0.4) is 0 Å². The number of hydrogen-bond donors (Lipinski definition) is 2. The third kappa shape index (κ3) is 3.58. The van der Waals surface area contributed by atoms with Crippen molar-refractivity contribution in [3.63, 3.8) is 0 Å². The van der Waals surface area contributed by atoms with Gasteiger partial charge in [-0.2, -0.15) is 0 Å². The van der Waals surface area contributed by atoms with Crippen molar-refractivity contribution in [1.29, 1.82) is 0 Å². The average Bonchev–Trinajstić information content (AvgIpc) is 2.91. The van der Waals surface area contributed by atoms with E-state index in [0.717, 1.165) is 19.4 Å². The van der Waals surface area contributed by atoms with Crippen LogP contribution in [-0.4, -0.2) is 52.3 Å². The Labute approximate surface area is 110 Å². The van der Waals surface area contributed by atoms with Crippen LogP contribution in [0.25, 0.3) is 0 Å².